The Morgan fingerprint density at radius 2 is 0.791 bits per heavy atom. The summed E-state index contributed by atoms with van der Waals surface area (Å²) in [6.45, 7) is 0. The van der Waals surface area contributed by atoms with Crippen LogP contribution in [0.3, 0.4) is 0 Å². The number of fused-ring (bicyclic) bond motifs is 1. The van der Waals surface area contributed by atoms with Crippen LogP contribution in [0.5, 0.6) is 0 Å². The molecule has 5 heteroatoms. The van der Waals surface area contributed by atoms with Crippen molar-refractivity contribution in [3.63, 3.8) is 0 Å². The smallest absolute Gasteiger partial charge is 0.164 e. The number of nitrogens with zero attached hydrogens (tertiary/aromatic N) is 5. The van der Waals surface area contributed by atoms with Crippen LogP contribution in [-0.2, 0) is 0 Å². The summed E-state index contributed by atoms with van der Waals surface area (Å²) in [5, 5.41) is 4.87. The summed E-state index contributed by atoms with van der Waals surface area (Å²) in [4.78, 5) is 14.6. The van der Waals surface area contributed by atoms with Gasteiger partial charge in [0.05, 0.1) is 11.2 Å². The minimum atomic E-state index is 0.633. The summed E-state index contributed by atoms with van der Waals surface area (Å²) in [7, 11) is 0. The number of aromatic nitrogens is 5. The number of rotatable bonds is 5. The van der Waals surface area contributed by atoms with Crippen LogP contribution in [-0.4, -0.2) is 24.6 Å². The maximum Gasteiger partial charge on any atom is 0.164 e. The van der Waals surface area contributed by atoms with Crippen LogP contribution in [0.2, 0.25) is 0 Å². The van der Waals surface area contributed by atoms with E-state index in [-0.39, 0.29) is 0 Å². The molecule has 0 bridgehead atoms. The summed E-state index contributed by atoms with van der Waals surface area (Å²) in [6.07, 6.45) is 1.97. The van der Waals surface area contributed by atoms with E-state index >= 15 is 0 Å². The van der Waals surface area contributed by atoms with Crippen molar-refractivity contribution in [2.24, 2.45) is 0 Å². The molecule has 0 aliphatic rings. The first-order valence-corrected chi connectivity index (χ1v) is 14.2. The molecule has 4 aromatic carbocycles. The molecule has 0 aliphatic heterocycles. The first-order valence-electron chi connectivity index (χ1n) is 14.2. The molecule has 3 aromatic heterocycles. The number of benzene rings is 4. The Hall–Kier alpha value is -5.94. The largest absolute Gasteiger partial charge is 0.240 e. The highest BCUT2D eigenvalue weighted by Gasteiger charge is 2.13. The van der Waals surface area contributed by atoms with Gasteiger partial charge in [-0.1, -0.05) is 127 Å². The van der Waals surface area contributed by atoms with Crippen LogP contribution in [0.4, 0.5) is 0 Å². The Balaban J connectivity index is 1.29. The van der Waals surface area contributed by atoms with Crippen molar-refractivity contribution >= 4 is 5.52 Å². The standard InChI is InChI=1S/C38H27N5/c1-2-4-12-24-43-34(23-11-3-1)27-35(42-43)32-21-13-19-30(25-32)31-20-14-22-33(26-31)38-40-36(28-15-7-5-8-16-28)39-37(41-38)29-17-9-6-10-18-29/h1-27H. The van der Waals surface area contributed by atoms with Crippen LogP contribution < -0.4 is 0 Å². The van der Waals surface area contributed by atoms with Crippen molar-refractivity contribution in [2.75, 3.05) is 0 Å². The molecule has 0 N–H and O–H groups in total. The number of hydrogen-bond acceptors (Lipinski definition) is 4. The molecule has 7 aromatic rings. The van der Waals surface area contributed by atoms with Crippen molar-refractivity contribution in [3.05, 3.63) is 164 Å². The molecule has 43 heavy (non-hydrogen) atoms. The quantitative estimate of drug-likeness (QED) is 0.213. The molecule has 204 valence electrons. The number of hydrogen-bond donors (Lipinski definition) is 0. The summed E-state index contributed by atoms with van der Waals surface area (Å²) >= 11 is 0. The lowest BCUT2D eigenvalue weighted by Crippen LogP contribution is -2.00. The summed E-state index contributed by atoms with van der Waals surface area (Å²) in [5.41, 5.74) is 7.95. The summed E-state index contributed by atoms with van der Waals surface area (Å²) in [5.74, 6) is 1.92. The maximum absolute atomic E-state index is 4.91. The highest BCUT2D eigenvalue weighted by molar-refractivity contribution is 5.76. The lowest BCUT2D eigenvalue weighted by atomic mass is 10.00. The monoisotopic (exact) mass is 553 g/mol. The molecular formula is C38H27N5. The SMILES string of the molecule is c1ccccn2nc(-c3cccc(-c4cccc(-c5nc(-c6ccccc6)nc(-c6ccccc6)n5)c4)c3)cc2ccc1. The molecule has 3 heterocycles. The van der Waals surface area contributed by atoms with E-state index in [2.05, 4.69) is 54.6 Å². The van der Waals surface area contributed by atoms with Crippen molar-refractivity contribution < 1.29 is 0 Å². The minimum absolute atomic E-state index is 0.633. The van der Waals surface area contributed by atoms with E-state index in [4.69, 9.17) is 20.1 Å². The van der Waals surface area contributed by atoms with Crippen LogP contribution >= 0.6 is 0 Å². The van der Waals surface area contributed by atoms with E-state index in [0.717, 1.165) is 44.6 Å². The molecule has 0 spiro atoms. The average Bonchev–Trinajstić information content (AvgIpc) is 3.50. The van der Waals surface area contributed by atoms with Gasteiger partial charge in [-0.2, -0.15) is 5.10 Å². The normalized spacial score (nSPS) is 10.8. The van der Waals surface area contributed by atoms with Crippen molar-refractivity contribution in [1.29, 1.82) is 0 Å². The summed E-state index contributed by atoms with van der Waals surface area (Å²) < 4.78 is 1.90. The van der Waals surface area contributed by atoms with Crippen molar-refractivity contribution in [3.8, 4) is 56.5 Å². The van der Waals surface area contributed by atoms with Gasteiger partial charge in [-0.15, -0.1) is 0 Å². The highest BCUT2D eigenvalue weighted by Crippen LogP contribution is 2.30. The third kappa shape index (κ3) is 5.78. The van der Waals surface area contributed by atoms with Gasteiger partial charge in [-0.05, 0) is 41.5 Å². The van der Waals surface area contributed by atoms with Crippen molar-refractivity contribution in [1.82, 2.24) is 24.6 Å². The van der Waals surface area contributed by atoms with Gasteiger partial charge in [0.1, 0.15) is 0 Å². The Bertz CT molecular complexity index is 1980. The molecule has 0 amide bonds. The van der Waals surface area contributed by atoms with Crippen molar-refractivity contribution in [2.45, 2.75) is 0 Å². The first-order chi connectivity index (χ1) is 21.3. The van der Waals surface area contributed by atoms with Crippen LogP contribution in [0.15, 0.2) is 164 Å². The fourth-order valence-corrected chi connectivity index (χ4v) is 4.97. The fourth-order valence-electron chi connectivity index (χ4n) is 4.97. The van der Waals surface area contributed by atoms with Crippen LogP contribution in [0, 0.1) is 0 Å². The van der Waals surface area contributed by atoms with Gasteiger partial charge >= 0.3 is 0 Å². The lowest BCUT2D eigenvalue weighted by molar-refractivity contribution is 0.970. The minimum Gasteiger partial charge on any atom is -0.240 e. The highest BCUT2D eigenvalue weighted by atomic mass is 15.2. The molecule has 0 saturated carbocycles. The second kappa shape index (κ2) is 11.9. The predicted molar refractivity (Wildman–Crippen MR) is 173 cm³/mol. The molecule has 0 aliphatic carbocycles. The van der Waals surface area contributed by atoms with E-state index in [1.165, 1.54) is 0 Å². The zero-order valence-electron chi connectivity index (χ0n) is 23.3. The second-order valence-electron chi connectivity index (χ2n) is 10.1. The van der Waals surface area contributed by atoms with Gasteiger partial charge in [0.2, 0.25) is 0 Å². The van der Waals surface area contributed by atoms with E-state index in [1.54, 1.807) is 0 Å². The van der Waals surface area contributed by atoms with Gasteiger partial charge in [0, 0.05) is 28.5 Å². The second-order valence-corrected chi connectivity index (χ2v) is 10.1. The van der Waals surface area contributed by atoms with Gasteiger partial charge in [-0.25, -0.2) is 19.5 Å². The molecular weight excluding hydrogens is 526 g/mol. The van der Waals surface area contributed by atoms with Crippen LogP contribution in [0.25, 0.3) is 62.1 Å². The Kier molecular flexibility index (Phi) is 7.19. The zero-order chi connectivity index (χ0) is 28.8. The third-order valence-electron chi connectivity index (χ3n) is 7.13. The molecule has 0 unspecified atom stereocenters. The molecule has 0 fully saturated rings. The molecule has 0 radical (unpaired) electrons. The first kappa shape index (κ1) is 26.0. The third-order valence-corrected chi connectivity index (χ3v) is 7.13. The molecule has 7 rings (SSSR count). The van der Waals surface area contributed by atoms with E-state index in [1.807, 2.05) is 114 Å². The van der Waals surface area contributed by atoms with Gasteiger partial charge < -0.3 is 0 Å². The van der Waals surface area contributed by atoms with Crippen LogP contribution in [0.1, 0.15) is 0 Å². The Morgan fingerprint density at radius 3 is 1.44 bits per heavy atom. The van der Waals surface area contributed by atoms with E-state index in [9.17, 15) is 0 Å². The Labute approximate surface area is 250 Å². The topological polar surface area (TPSA) is 56.0 Å². The van der Waals surface area contributed by atoms with E-state index < -0.39 is 0 Å². The van der Waals surface area contributed by atoms with Gasteiger partial charge in [0.15, 0.2) is 17.5 Å². The lowest BCUT2D eigenvalue weighted by Gasteiger charge is -2.10. The van der Waals surface area contributed by atoms with E-state index in [0.29, 0.717) is 17.5 Å². The molecule has 5 nitrogen and oxygen atoms in total. The molecule has 0 saturated heterocycles. The maximum atomic E-state index is 4.91. The predicted octanol–water partition coefficient (Wildman–Crippen LogP) is 8.98. The molecule has 0 atom stereocenters. The summed E-state index contributed by atoms with van der Waals surface area (Å²) in [6, 6.07) is 53.1. The Morgan fingerprint density at radius 1 is 0.349 bits per heavy atom. The zero-order valence-corrected chi connectivity index (χ0v) is 23.3. The average molecular weight is 554 g/mol. The van der Waals surface area contributed by atoms with Gasteiger partial charge in [-0.3, -0.25) is 0 Å². The fraction of sp³-hybridized carbons (Fsp3) is 0. The van der Waals surface area contributed by atoms with Gasteiger partial charge in [0.25, 0.3) is 0 Å².